The van der Waals surface area contributed by atoms with Crippen LogP contribution in [0.1, 0.15) is 54.1 Å². The monoisotopic (exact) mass is 232 g/mol. The molecule has 1 heterocycles. The third kappa shape index (κ3) is 2.38. The number of cyclic esters (lactones) is 2. The first kappa shape index (κ1) is 11.8. The van der Waals surface area contributed by atoms with Crippen LogP contribution in [-0.4, -0.2) is 11.9 Å². The van der Waals surface area contributed by atoms with Crippen molar-refractivity contribution in [2.24, 2.45) is 0 Å². The molecule has 1 aromatic carbocycles. The van der Waals surface area contributed by atoms with Crippen molar-refractivity contribution in [2.45, 2.75) is 39.0 Å². The Morgan fingerprint density at radius 1 is 1.29 bits per heavy atom. The number of carbonyl (C=O) groups is 2. The van der Waals surface area contributed by atoms with E-state index < -0.39 is 11.9 Å². The summed E-state index contributed by atoms with van der Waals surface area (Å²) in [7, 11) is 0. The third-order valence-electron chi connectivity index (χ3n) is 3.34. The molecule has 1 unspecified atom stereocenters. The Morgan fingerprint density at radius 2 is 2.06 bits per heavy atom. The Kier molecular flexibility index (Phi) is 3.27. The van der Waals surface area contributed by atoms with E-state index in [0.717, 1.165) is 17.5 Å². The number of aryl methyl sites for hydroxylation is 1. The van der Waals surface area contributed by atoms with Gasteiger partial charge in [-0.25, -0.2) is 4.79 Å². The maximum absolute atomic E-state index is 11.7. The fourth-order valence-electron chi connectivity index (χ4n) is 1.99. The number of hydrogen-bond donors (Lipinski definition) is 0. The summed E-state index contributed by atoms with van der Waals surface area (Å²) in [6, 6.07) is 5.84. The highest BCUT2D eigenvalue weighted by molar-refractivity contribution is 5.99. The van der Waals surface area contributed by atoms with Crippen LogP contribution in [0.2, 0.25) is 0 Å². The highest BCUT2D eigenvalue weighted by Gasteiger charge is 2.22. The number of esters is 2. The van der Waals surface area contributed by atoms with Gasteiger partial charge in [-0.3, -0.25) is 4.79 Å². The van der Waals surface area contributed by atoms with Gasteiger partial charge in [-0.1, -0.05) is 26.0 Å². The summed E-state index contributed by atoms with van der Waals surface area (Å²) in [4.78, 5) is 22.9. The van der Waals surface area contributed by atoms with E-state index in [9.17, 15) is 9.59 Å². The van der Waals surface area contributed by atoms with Gasteiger partial charge in [0.1, 0.15) is 0 Å². The van der Waals surface area contributed by atoms with Crippen LogP contribution in [0.4, 0.5) is 0 Å². The van der Waals surface area contributed by atoms with Gasteiger partial charge < -0.3 is 4.74 Å². The fraction of sp³-hybridized carbons (Fsp3) is 0.429. The quantitative estimate of drug-likeness (QED) is 0.581. The number of ether oxygens (including phenoxy) is 1. The molecule has 0 saturated carbocycles. The second-order valence-corrected chi connectivity index (χ2v) is 4.49. The van der Waals surface area contributed by atoms with E-state index in [-0.39, 0.29) is 6.42 Å². The van der Waals surface area contributed by atoms with Crippen LogP contribution in [0.15, 0.2) is 18.2 Å². The average Bonchev–Trinajstić information content (AvgIpc) is 2.48. The number of carbonyl (C=O) groups excluding carboxylic acids is 2. The summed E-state index contributed by atoms with van der Waals surface area (Å²) in [6.07, 6.45) is 1.88. The van der Waals surface area contributed by atoms with E-state index in [1.165, 1.54) is 0 Å². The van der Waals surface area contributed by atoms with Crippen LogP contribution in [0, 0.1) is 0 Å². The van der Waals surface area contributed by atoms with Crippen LogP contribution < -0.4 is 0 Å². The molecule has 0 radical (unpaired) electrons. The Bertz CT molecular complexity index is 463. The zero-order chi connectivity index (χ0) is 12.4. The Morgan fingerprint density at radius 3 is 2.76 bits per heavy atom. The predicted octanol–water partition coefficient (Wildman–Crippen LogP) is 2.83. The van der Waals surface area contributed by atoms with Gasteiger partial charge in [-0.05, 0) is 36.0 Å². The van der Waals surface area contributed by atoms with E-state index in [1.807, 2.05) is 18.2 Å². The molecule has 0 fully saturated rings. The molecule has 1 aliphatic rings. The minimum Gasteiger partial charge on any atom is -0.389 e. The lowest BCUT2D eigenvalue weighted by Gasteiger charge is -2.11. The minimum atomic E-state index is -0.507. The van der Waals surface area contributed by atoms with Crippen molar-refractivity contribution in [1.82, 2.24) is 0 Å². The van der Waals surface area contributed by atoms with Gasteiger partial charge in [0.2, 0.25) is 0 Å². The van der Waals surface area contributed by atoms with Crippen LogP contribution in [0.25, 0.3) is 0 Å². The highest BCUT2D eigenvalue weighted by Crippen LogP contribution is 2.24. The van der Waals surface area contributed by atoms with Gasteiger partial charge in [0.15, 0.2) is 0 Å². The van der Waals surface area contributed by atoms with E-state index in [1.54, 1.807) is 0 Å². The van der Waals surface area contributed by atoms with Crippen molar-refractivity contribution in [2.75, 3.05) is 0 Å². The van der Waals surface area contributed by atoms with Crippen molar-refractivity contribution in [1.29, 1.82) is 0 Å². The normalized spacial score (nSPS) is 17.1. The van der Waals surface area contributed by atoms with Gasteiger partial charge in [0.05, 0.1) is 12.0 Å². The molecular weight excluding hydrogens is 216 g/mol. The summed E-state index contributed by atoms with van der Waals surface area (Å²) in [6.45, 7) is 4.23. The largest absolute Gasteiger partial charge is 0.389 e. The van der Waals surface area contributed by atoms with Crippen molar-refractivity contribution in [3.63, 3.8) is 0 Å². The molecule has 0 aliphatic carbocycles. The third-order valence-corrected chi connectivity index (χ3v) is 3.34. The standard InChI is InChI=1S/C14H16O3/c1-3-9(2)11-5-4-10-6-7-13(15)17-14(16)12(10)8-11/h4-5,8-9H,3,6-7H2,1-2H3. The SMILES string of the molecule is CCC(C)c1ccc2c(c1)C(=O)OC(=O)CC2. The van der Waals surface area contributed by atoms with E-state index in [0.29, 0.717) is 17.9 Å². The molecule has 3 heteroatoms. The fourth-order valence-corrected chi connectivity index (χ4v) is 1.99. The summed E-state index contributed by atoms with van der Waals surface area (Å²) in [5.74, 6) is -0.531. The van der Waals surface area contributed by atoms with E-state index in [4.69, 9.17) is 4.74 Å². The number of hydrogen-bond acceptors (Lipinski definition) is 3. The average molecular weight is 232 g/mol. The number of benzene rings is 1. The lowest BCUT2D eigenvalue weighted by atomic mass is 9.93. The van der Waals surface area contributed by atoms with Crippen LogP contribution in [-0.2, 0) is 16.0 Å². The molecule has 0 saturated heterocycles. The van der Waals surface area contributed by atoms with Crippen molar-refractivity contribution >= 4 is 11.9 Å². The molecule has 0 spiro atoms. The minimum absolute atomic E-state index is 0.279. The van der Waals surface area contributed by atoms with Gasteiger partial charge >= 0.3 is 11.9 Å². The second-order valence-electron chi connectivity index (χ2n) is 4.49. The first-order valence-electron chi connectivity index (χ1n) is 5.99. The lowest BCUT2D eigenvalue weighted by Crippen LogP contribution is -2.09. The summed E-state index contributed by atoms with van der Waals surface area (Å²) >= 11 is 0. The Balaban J connectivity index is 2.40. The van der Waals surface area contributed by atoms with Gasteiger partial charge in [-0.2, -0.15) is 0 Å². The number of fused-ring (bicyclic) bond motifs is 1. The highest BCUT2D eigenvalue weighted by atomic mass is 16.6. The lowest BCUT2D eigenvalue weighted by molar-refractivity contribution is -0.137. The van der Waals surface area contributed by atoms with Crippen LogP contribution >= 0.6 is 0 Å². The van der Waals surface area contributed by atoms with Gasteiger partial charge in [0.25, 0.3) is 0 Å². The molecule has 0 amide bonds. The van der Waals surface area contributed by atoms with Gasteiger partial charge in [-0.15, -0.1) is 0 Å². The zero-order valence-corrected chi connectivity index (χ0v) is 10.2. The molecule has 3 nitrogen and oxygen atoms in total. The zero-order valence-electron chi connectivity index (χ0n) is 10.2. The maximum Gasteiger partial charge on any atom is 0.346 e. The molecule has 17 heavy (non-hydrogen) atoms. The summed E-state index contributed by atoms with van der Waals surface area (Å²) in [5, 5.41) is 0. The molecule has 1 aliphatic heterocycles. The van der Waals surface area contributed by atoms with E-state index >= 15 is 0 Å². The van der Waals surface area contributed by atoms with E-state index in [2.05, 4.69) is 13.8 Å². The molecule has 0 N–H and O–H groups in total. The van der Waals surface area contributed by atoms with Crippen molar-refractivity contribution < 1.29 is 14.3 Å². The molecular formula is C14H16O3. The Labute approximate surface area is 101 Å². The van der Waals surface area contributed by atoms with Crippen LogP contribution in [0.3, 0.4) is 0 Å². The molecule has 2 rings (SSSR count). The molecule has 0 bridgehead atoms. The van der Waals surface area contributed by atoms with Crippen molar-refractivity contribution in [3.05, 3.63) is 34.9 Å². The number of rotatable bonds is 2. The molecule has 0 aromatic heterocycles. The topological polar surface area (TPSA) is 43.4 Å². The summed E-state index contributed by atoms with van der Waals surface area (Å²) in [5.41, 5.74) is 2.58. The first-order valence-corrected chi connectivity index (χ1v) is 5.99. The van der Waals surface area contributed by atoms with Crippen LogP contribution in [0.5, 0.6) is 0 Å². The smallest absolute Gasteiger partial charge is 0.346 e. The van der Waals surface area contributed by atoms with Crippen molar-refractivity contribution in [3.8, 4) is 0 Å². The summed E-state index contributed by atoms with van der Waals surface area (Å²) < 4.78 is 4.73. The Hall–Kier alpha value is -1.64. The molecule has 90 valence electrons. The second kappa shape index (κ2) is 4.70. The predicted molar refractivity (Wildman–Crippen MR) is 63.9 cm³/mol. The maximum atomic E-state index is 11.7. The molecule has 1 atom stereocenters. The first-order chi connectivity index (χ1) is 8.11. The van der Waals surface area contributed by atoms with Gasteiger partial charge in [0, 0.05) is 0 Å². The molecule has 1 aromatic rings.